The topological polar surface area (TPSA) is 56.8 Å². The van der Waals surface area contributed by atoms with Crippen molar-refractivity contribution in [1.82, 2.24) is 4.98 Å². The number of fused-ring (bicyclic) bond motifs is 2. The zero-order valence-electron chi connectivity index (χ0n) is 18.5. The first-order valence-corrected chi connectivity index (χ1v) is 12.1. The normalized spacial score (nSPS) is 21.1. The van der Waals surface area contributed by atoms with Crippen molar-refractivity contribution in [3.05, 3.63) is 47.2 Å². The summed E-state index contributed by atoms with van der Waals surface area (Å²) in [5.41, 5.74) is 1.93. The van der Waals surface area contributed by atoms with Crippen LogP contribution in [-0.2, 0) is 15.8 Å². The minimum absolute atomic E-state index is 0.0696. The Hall–Kier alpha value is -2.37. The molecule has 0 unspecified atom stereocenters. The first-order valence-electron chi connectivity index (χ1n) is 10.6. The molecule has 1 saturated heterocycles. The number of aryl methyl sites for hydroxylation is 2. The maximum absolute atomic E-state index is 13.7. The van der Waals surface area contributed by atoms with Crippen molar-refractivity contribution in [3.63, 3.8) is 0 Å². The number of nitrogens with zero attached hydrogens (tertiary/aromatic N) is 4. The molecule has 0 N–H and O–H groups in total. The van der Waals surface area contributed by atoms with Gasteiger partial charge in [-0.1, -0.05) is 34.7 Å². The quantitative estimate of drug-likeness (QED) is 0.406. The lowest BCUT2D eigenvalue weighted by molar-refractivity contribution is -0.137. The molecular weight excluding hydrogens is 548 g/mol. The number of amides is 2. The van der Waals surface area contributed by atoms with Crippen LogP contribution in [0.1, 0.15) is 23.2 Å². The summed E-state index contributed by atoms with van der Waals surface area (Å²) in [6.45, 7) is 4.60. The molecule has 0 aliphatic carbocycles. The number of hydrogen-bond acceptors (Lipinski definition) is 4. The van der Waals surface area contributed by atoms with Gasteiger partial charge in [-0.2, -0.15) is 13.2 Å². The summed E-state index contributed by atoms with van der Waals surface area (Å²) in [6, 6.07) is 6.58. The van der Waals surface area contributed by atoms with Gasteiger partial charge in [0, 0.05) is 42.6 Å². The van der Waals surface area contributed by atoms with E-state index in [4.69, 9.17) is 0 Å². The maximum atomic E-state index is 13.7. The van der Waals surface area contributed by atoms with Crippen molar-refractivity contribution in [2.24, 2.45) is 5.92 Å². The minimum Gasteiger partial charge on any atom is -0.368 e. The largest absolute Gasteiger partial charge is 0.416 e. The fourth-order valence-corrected chi connectivity index (χ4v) is 5.39. The van der Waals surface area contributed by atoms with E-state index in [-0.39, 0.29) is 29.8 Å². The van der Waals surface area contributed by atoms with Crippen molar-refractivity contribution in [2.45, 2.75) is 32.5 Å². The van der Waals surface area contributed by atoms with Crippen LogP contribution < -0.4 is 14.7 Å². The summed E-state index contributed by atoms with van der Waals surface area (Å²) in [5.74, 6) is -1.23. The molecule has 1 fully saturated rings. The highest BCUT2D eigenvalue weighted by Gasteiger charge is 2.49. The number of hydrogen-bond donors (Lipinski definition) is 0. The molecule has 6 nitrogen and oxygen atoms in total. The number of aromatic nitrogens is 1. The number of carbonyl (C=O) groups excluding carboxylic acids is 2. The molecule has 176 valence electrons. The second-order valence-electron chi connectivity index (χ2n) is 8.50. The second kappa shape index (κ2) is 8.77. The number of carbonyl (C=O) groups is 2. The average Bonchev–Trinajstić information content (AvgIpc) is 3.06. The molecular formula is C23H24F3IN4O2. The number of para-hydroxylation sites is 1. The van der Waals surface area contributed by atoms with E-state index in [1.54, 1.807) is 7.05 Å². The molecule has 1 aromatic carbocycles. The third kappa shape index (κ3) is 4.29. The molecule has 10 heteroatoms. The van der Waals surface area contributed by atoms with E-state index in [0.29, 0.717) is 6.54 Å². The third-order valence-electron chi connectivity index (χ3n) is 6.23. The van der Waals surface area contributed by atoms with Crippen LogP contribution >= 0.6 is 22.6 Å². The molecule has 0 radical (unpaired) electrons. The van der Waals surface area contributed by atoms with E-state index in [1.807, 2.05) is 25.1 Å². The van der Waals surface area contributed by atoms with Crippen molar-refractivity contribution < 1.29 is 22.8 Å². The van der Waals surface area contributed by atoms with Crippen LogP contribution in [0, 0.1) is 19.8 Å². The predicted octanol–water partition coefficient (Wildman–Crippen LogP) is 4.36. The molecule has 2 aliphatic rings. The van der Waals surface area contributed by atoms with E-state index < -0.39 is 23.7 Å². The number of alkyl halides is 4. The summed E-state index contributed by atoms with van der Waals surface area (Å²) in [6.07, 6.45) is -4.51. The molecule has 0 bridgehead atoms. The number of pyridine rings is 1. The van der Waals surface area contributed by atoms with Gasteiger partial charge in [-0.15, -0.1) is 0 Å². The lowest BCUT2D eigenvalue weighted by atomic mass is 9.95. The number of likely N-dealkylation sites (N-methyl/N-ethyl adjacent to an activating group) is 1. The van der Waals surface area contributed by atoms with Crippen LogP contribution in [0.5, 0.6) is 0 Å². The fraction of sp³-hybridized carbons (Fsp3) is 0.435. The van der Waals surface area contributed by atoms with Gasteiger partial charge in [0.25, 0.3) is 0 Å². The highest BCUT2D eigenvalue weighted by Crippen LogP contribution is 2.41. The highest BCUT2D eigenvalue weighted by molar-refractivity contribution is 14.1. The molecule has 0 spiro atoms. The summed E-state index contributed by atoms with van der Waals surface area (Å²) in [5, 5.41) is 0. The zero-order valence-corrected chi connectivity index (χ0v) is 20.6. The Balaban J connectivity index is 1.83. The molecule has 0 saturated carbocycles. The number of anilines is 3. The van der Waals surface area contributed by atoms with Gasteiger partial charge in [0.2, 0.25) is 11.8 Å². The van der Waals surface area contributed by atoms with Gasteiger partial charge < -0.3 is 9.80 Å². The molecule has 2 aliphatic heterocycles. The predicted molar refractivity (Wildman–Crippen MR) is 129 cm³/mol. The Labute approximate surface area is 203 Å². The average molecular weight is 572 g/mol. The lowest BCUT2D eigenvalue weighted by Gasteiger charge is -2.39. The second-order valence-corrected chi connectivity index (χ2v) is 9.58. The first-order chi connectivity index (χ1) is 15.5. The highest BCUT2D eigenvalue weighted by atomic mass is 127. The van der Waals surface area contributed by atoms with Gasteiger partial charge in [-0.3, -0.25) is 14.5 Å². The number of rotatable bonds is 3. The maximum Gasteiger partial charge on any atom is 0.416 e. The third-order valence-corrected chi connectivity index (χ3v) is 6.71. The Kier molecular flexibility index (Phi) is 6.32. The summed E-state index contributed by atoms with van der Waals surface area (Å²) in [7, 11) is 1.65. The molecule has 3 heterocycles. The zero-order chi connectivity index (χ0) is 24.1. The van der Waals surface area contributed by atoms with Gasteiger partial charge in [0.15, 0.2) is 0 Å². The van der Waals surface area contributed by atoms with Crippen LogP contribution in [-0.4, -0.2) is 47.4 Å². The number of benzene rings is 1. The van der Waals surface area contributed by atoms with Crippen molar-refractivity contribution in [2.75, 3.05) is 39.3 Å². The van der Waals surface area contributed by atoms with Crippen molar-refractivity contribution in [1.29, 1.82) is 0 Å². The Morgan fingerprint density at radius 1 is 1.18 bits per heavy atom. The van der Waals surface area contributed by atoms with Crippen LogP contribution in [0.2, 0.25) is 0 Å². The summed E-state index contributed by atoms with van der Waals surface area (Å²) in [4.78, 5) is 35.9. The first kappa shape index (κ1) is 23.8. The summed E-state index contributed by atoms with van der Waals surface area (Å²) < 4.78 is 41.2. The molecule has 33 heavy (non-hydrogen) atoms. The molecule has 2 amide bonds. The minimum atomic E-state index is -4.58. The monoisotopic (exact) mass is 572 g/mol. The Morgan fingerprint density at radius 2 is 1.91 bits per heavy atom. The van der Waals surface area contributed by atoms with Gasteiger partial charge in [0.05, 0.1) is 16.9 Å². The molecule has 4 rings (SSSR count). The van der Waals surface area contributed by atoms with E-state index in [2.05, 4.69) is 32.5 Å². The Morgan fingerprint density at radius 3 is 2.58 bits per heavy atom. The smallest absolute Gasteiger partial charge is 0.368 e. The molecule has 2 aromatic rings. The van der Waals surface area contributed by atoms with Gasteiger partial charge in [-0.25, -0.2) is 4.98 Å². The molecule has 2 atom stereocenters. The summed E-state index contributed by atoms with van der Waals surface area (Å²) >= 11 is 2.29. The SMILES string of the molecule is Cc1cc(C(F)(F)F)cc(N2C(=O)C[C@@H]3CN(CCI)c4c(C)cccc4N(C)C(=O)[C@H]32)n1. The number of halogens is 4. The van der Waals surface area contributed by atoms with Crippen molar-refractivity contribution in [3.8, 4) is 0 Å². The van der Waals surface area contributed by atoms with Crippen molar-refractivity contribution >= 4 is 51.6 Å². The lowest BCUT2D eigenvalue weighted by Crippen LogP contribution is -2.52. The van der Waals surface area contributed by atoms with Crippen LogP contribution in [0.3, 0.4) is 0 Å². The fourth-order valence-electron chi connectivity index (χ4n) is 4.81. The standard InChI is InChI=1S/C23H24F3IN4O2/c1-13-5-4-6-17-20(13)30(8-7-27)12-15-10-19(32)31(21(15)22(33)29(17)3)18-11-16(23(24,25)26)9-14(2)28-18/h4-6,9,11,15,21H,7-8,10,12H2,1-3H3/t15-,21+/m1/s1. The van der Waals surface area contributed by atoms with E-state index in [0.717, 1.165) is 40.0 Å². The Bertz CT molecular complexity index is 1110. The van der Waals surface area contributed by atoms with Gasteiger partial charge in [0.1, 0.15) is 11.9 Å². The van der Waals surface area contributed by atoms with E-state index in [9.17, 15) is 22.8 Å². The van der Waals surface area contributed by atoms with Gasteiger partial charge >= 0.3 is 6.18 Å². The van der Waals surface area contributed by atoms with E-state index >= 15 is 0 Å². The van der Waals surface area contributed by atoms with Crippen LogP contribution in [0.4, 0.5) is 30.4 Å². The molecule has 1 aromatic heterocycles. The van der Waals surface area contributed by atoms with Crippen LogP contribution in [0.15, 0.2) is 30.3 Å². The van der Waals surface area contributed by atoms with Gasteiger partial charge in [-0.05, 0) is 37.6 Å². The van der Waals surface area contributed by atoms with E-state index in [1.165, 1.54) is 16.7 Å². The van der Waals surface area contributed by atoms with Crippen LogP contribution in [0.25, 0.3) is 0 Å².